The molecule has 3 aromatic rings. The molecule has 0 radical (unpaired) electrons. The van der Waals surface area contributed by atoms with Crippen LogP contribution >= 0.6 is 11.3 Å². The van der Waals surface area contributed by atoms with Crippen molar-refractivity contribution in [3.05, 3.63) is 76.7 Å². The highest BCUT2D eigenvalue weighted by molar-refractivity contribution is 7.15. The zero-order chi connectivity index (χ0) is 14.8. The van der Waals surface area contributed by atoms with Crippen LogP contribution in [-0.4, -0.2) is 10.1 Å². The zero-order valence-electron chi connectivity index (χ0n) is 11.5. The second-order valence-corrected chi connectivity index (χ2v) is 5.82. The summed E-state index contributed by atoms with van der Waals surface area (Å²) in [7, 11) is 0. The van der Waals surface area contributed by atoms with Crippen LogP contribution < -0.4 is 0 Å². The van der Waals surface area contributed by atoms with E-state index in [1.54, 1.807) is 6.07 Å². The average Bonchev–Trinajstić information content (AvgIpc) is 2.89. The van der Waals surface area contributed by atoms with Gasteiger partial charge in [-0.2, -0.15) is 0 Å². The van der Waals surface area contributed by atoms with Gasteiger partial charge in [0.05, 0.1) is 10.6 Å². The van der Waals surface area contributed by atoms with E-state index in [-0.39, 0.29) is 5.82 Å². The summed E-state index contributed by atoms with van der Waals surface area (Å²) in [4.78, 5) is 5.33. The number of hydrogen-bond donors (Lipinski definition) is 1. The Morgan fingerprint density at radius 2 is 1.86 bits per heavy atom. The summed E-state index contributed by atoms with van der Waals surface area (Å²) < 4.78 is 13.3. The fourth-order valence-corrected chi connectivity index (χ4v) is 3.29. The summed E-state index contributed by atoms with van der Waals surface area (Å²) in [5, 5.41) is 11.0. The number of benzene rings is 2. The van der Waals surface area contributed by atoms with Gasteiger partial charge in [-0.3, -0.25) is 0 Å². The standard InChI is InChI=1S/C17H14FNOS/c1-11-16(13-8-5-9-14(18)10-13)21-17(19-11)15(20)12-6-3-2-4-7-12/h2-10,15,20H,1H3. The first-order chi connectivity index (χ1) is 10.1. The Kier molecular flexibility index (Phi) is 3.82. The minimum atomic E-state index is -0.753. The van der Waals surface area contributed by atoms with E-state index in [1.807, 2.05) is 43.3 Å². The Labute approximate surface area is 126 Å². The molecular formula is C17H14FNOS. The molecule has 0 aliphatic carbocycles. The Hall–Kier alpha value is -2.04. The van der Waals surface area contributed by atoms with Crippen LogP contribution in [0.3, 0.4) is 0 Å². The van der Waals surface area contributed by atoms with Crippen molar-refractivity contribution >= 4 is 11.3 Å². The molecule has 3 rings (SSSR count). The molecule has 1 aromatic heterocycles. The topological polar surface area (TPSA) is 33.1 Å². The minimum absolute atomic E-state index is 0.273. The molecular weight excluding hydrogens is 285 g/mol. The predicted octanol–water partition coefficient (Wildman–Crippen LogP) is 4.34. The van der Waals surface area contributed by atoms with Crippen LogP contribution in [0.25, 0.3) is 10.4 Å². The Bertz CT molecular complexity index is 754. The molecule has 0 fully saturated rings. The first kappa shape index (κ1) is 13.9. The summed E-state index contributed by atoms with van der Waals surface area (Å²) in [6.07, 6.45) is -0.753. The minimum Gasteiger partial charge on any atom is -0.381 e. The lowest BCUT2D eigenvalue weighted by atomic mass is 10.1. The molecule has 0 aliphatic heterocycles. The highest BCUT2D eigenvalue weighted by Crippen LogP contribution is 2.34. The number of hydrogen-bond acceptors (Lipinski definition) is 3. The Balaban J connectivity index is 1.98. The highest BCUT2D eigenvalue weighted by atomic mass is 32.1. The van der Waals surface area contributed by atoms with Gasteiger partial charge in [0, 0.05) is 0 Å². The molecule has 0 saturated heterocycles. The van der Waals surface area contributed by atoms with Crippen molar-refractivity contribution in [3.63, 3.8) is 0 Å². The molecule has 1 N–H and O–H groups in total. The molecule has 0 spiro atoms. The van der Waals surface area contributed by atoms with Crippen LogP contribution in [0.4, 0.5) is 4.39 Å². The van der Waals surface area contributed by atoms with Crippen molar-refractivity contribution in [2.45, 2.75) is 13.0 Å². The van der Waals surface area contributed by atoms with Crippen molar-refractivity contribution in [1.82, 2.24) is 4.98 Å². The fraction of sp³-hybridized carbons (Fsp3) is 0.118. The van der Waals surface area contributed by atoms with Crippen LogP contribution in [0.15, 0.2) is 54.6 Å². The normalized spacial score (nSPS) is 12.3. The third-order valence-electron chi connectivity index (χ3n) is 3.25. The van der Waals surface area contributed by atoms with Crippen molar-refractivity contribution < 1.29 is 9.50 Å². The van der Waals surface area contributed by atoms with E-state index >= 15 is 0 Å². The number of aliphatic hydroxyl groups is 1. The lowest BCUT2D eigenvalue weighted by Gasteiger charge is -2.06. The summed E-state index contributed by atoms with van der Waals surface area (Å²) in [6.45, 7) is 1.87. The number of thiazole rings is 1. The van der Waals surface area contributed by atoms with Crippen LogP contribution in [0, 0.1) is 12.7 Å². The van der Waals surface area contributed by atoms with Gasteiger partial charge in [-0.15, -0.1) is 11.3 Å². The van der Waals surface area contributed by atoms with E-state index in [2.05, 4.69) is 4.98 Å². The molecule has 1 heterocycles. The van der Waals surface area contributed by atoms with Gasteiger partial charge in [0.1, 0.15) is 16.9 Å². The third-order valence-corrected chi connectivity index (χ3v) is 4.51. The molecule has 106 valence electrons. The lowest BCUT2D eigenvalue weighted by molar-refractivity contribution is 0.219. The monoisotopic (exact) mass is 299 g/mol. The molecule has 0 saturated carbocycles. The molecule has 1 atom stereocenters. The molecule has 0 bridgehead atoms. The molecule has 0 amide bonds. The lowest BCUT2D eigenvalue weighted by Crippen LogP contribution is -1.98. The van der Waals surface area contributed by atoms with E-state index in [1.165, 1.54) is 23.5 Å². The number of aryl methyl sites for hydroxylation is 1. The number of aromatic nitrogens is 1. The van der Waals surface area contributed by atoms with Crippen LogP contribution in [0.5, 0.6) is 0 Å². The van der Waals surface area contributed by atoms with Gasteiger partial charge in [-0.05, 0) is 30.2 Å². The number of rotatable bonds is 3. The third kappa shape index (κ3) is 2.86. The van der Waals surface area contributed by atoms with Crippen molar-refractivity contribution in [1.29, 1.82) is 0 Å². The van der Waals surface area contributed by atoms with Gasteiger partial charge in [0.15, 0.2) is 0 Å². The maximum atomic E-state index is 13.3. The van der Waals surface area contributed by atoms with E-state index < -0.39 is 6.10 Å². The molecule has 21 heavy (non-hydrogen) atoms. The van der Waals surface area contributed by atoms with Gasteiger partial charge in [0.2, 0.25) is 0 Å². The van der Waals surface area contributed by atoms with Gasteiger partial charge in [-0.25, -0.2) is 9.37 Å². The highest BCUT2D eigenvalue weighted by Gasteiger charge is 2.17. The Morgan fingerprint density at radius 1 is 1.10 bits per heavy atom. The van der Waals surface area contributed by atoms with Crippen molar-refractivity contribution in [2.75, 3.05) is 0 Å². The van der Waals surface area contributed by atoms with Crippen molar-refractivity contribution in [3.8, 4) is 10.4 Å². The number of halogens is 1. The largest absolute Gasteiger partial charge is 0.381 e. The summed E-state index contributed by atoms with van der Waals surface area (Å²) in [6, 6.07) is 15.8. The van der Waals surface area contributed by atoms with Gasteiger partial charge in [0.25, 0.3) is 0 Å². The van der Waals surface area contributed by atoms with Gasteiger partial charge < -0.3 is 5.11 Å². The summed E-state index contributed by atoms with van der Waals surface area (Å²) >= 11 is 1.40. The smallest absolute Gasteiger partial charge is 0.131 e. The van der Waals surface area contributed by atoms with Crippen LogP contribution in [0.1, 0.15) is 22.4 Å². The van der Waals surface area contributed by atoms with Gasteiger partial charge in [-0.1, -0.05) is 42.5 Å². The molecule has 4 heteroatoms. The van der Waals surface area contributed by atoms with Crippen molar-refractivity contribution in [2.24, 2.45) is 0 Å². The predicted molar refractivity (Wildman–Crippen MR) is 82.7 cm³/mol. The van der Waals surface area contributed by atoms with Crippen LogP contribution in [0.2, 0.25) is 0 Å². The van der Waals surface area contributed by atoms with E-state index in [0.29, 0.717) is 5.01 Å². The average molecular weight is 299 g/mol. The molecule has 2 aromatic carbocycles. The fourth-order valence-electron chi connectivity index (χ4n) is 2.21. The molecule has 0 aliphatic rings. The van der Waals surface area contributed by atoms with E-state index in [4.69, 9.17) is 0 Å². The SMILES string of the molecule is Cc1nc(C(O)c2ccccc2)sc1-c1cccc(F)c1. The second kappa shape index (κ2) is 5.76. The molecule has 2 nitrogen and oxygen atoms in total. The van der Waals surface area contributed by atoms with E-state index in [0.717, 1.165) is 21.7 Å². The van der Waals surface area contributed by atoms with Gasteiger partial charge >= 0.3 is 0 Å². The zero-order valence-corrected chi connectivity index (χ0v) is 12.3. The second-order valence-electron chi connectivity index (χ2n) is 4.79. The quantitative estimate of drug-likeness (QED) is 0.780. The first-order valence-electron chi connectivity index (χ1n) is 6.61. The summed E-state index contributed by atoms with van der Waals surface area (Å²) in [5.41, 5.74) is 2.39. The van der Waals surface area contributed by atoms with Crippen LogP contribution in [-0.2, 0) is 0 Å². The summed E-state index contributed by atoms with van der Waals surface area (Å²) in [5.74, 6) is -0.273. The number of aliphatic hydroxyl groups excluding tert-OH is 1. The maximum absolute atomic E-state index is 13.3. The maximum Gasteiger partial charge on any atom is 0.131 e. The first-order valence-corrected chi connectivity index (χ1v) is 7.43. The number of nitrogens with zero attached hydrogens (tertiary/aromatic N) is 1. The Morgan fingerprint density at radius 3 is 2.57 bits per heavy atom. The molecule has 1 unspecified atom stereocenters. The van der Waals surface area contributed by atoms with E-state index in [9.17, 15) is 9.50 Å².